The predicted octanol–water partition coefficient (Wildman–Crippen LogP) is 4.33. The molecule has 0 saturated heterocycles. The zero-order valence-electron chi connectivity index (χ0n) is 13.1. The fourth-order valence-corrected chi connectivity index (χ4v) is 2.89. The lowest BCUT2D eigenvalue weighted by Gasteiger charge is -2.18. The topological polar surface area (TPSA) is 26.3 Å². The van der Waals surface area contributed by atoms with Crippen LogP contribution in [0.15, 0.2) is 41.5 Å². The number of esters is 1. The van der Waals surface area contributed by atoms with Crippen LogP contribution in [0.1, 0.15) is 46.1 Å². The van der Waals surface area contributed by atoms with E-state index >= 15 is 0 Å². The molecule has 0 bridgehead atoms. The van der Waals surface area contributed by atoms with Gasteiger partial charge in [-0.1, -0.05) is 56.7 Å². The Morgan fingerprint density at radius 3 is 2.35 bits per heavy atom. The Bertz CT molecular complexity index is 528. The highest BCUT2D eigenvalue weighted by Crippen LogP contribution is 2.58. The van der Waals surface area contributed by atoms with E-state index in [0.717, 1.165) is 0 Å². The Kier molecular flexibility index (Phi) is 4.03. The standard InChI is InChI=1S/C18H24O2/c1-12(2)17(19)20-11-18(5)14(4)16(18)13(3)15-9-7-6-8-10-15/h6-10,12-13H,11H2,1-5H3/t13-,18+/m0/s1. The van der Waals surface area contributed by atoms with Gasteiger partial charge >= 0.3 is 5.97 Å². The summed E-state index contributed by atoms with van der Waals surface area (Å²) in [5.74, 6) is 0.212. The molecule has 0 unspecified atom stereocenters. The van der Waals surface area contributed by atoms with Gasteiger partial charge < -0.3 is 4.74 Å². The van der Waals surface area contributed by atoms with Crippen LogP contribution in [0.5, 0.6) is 0 Å². The minimum Gasteiger partial charge on any atom is -0.464 e. The lowest BCUT2D eigenvalue weighted by Crippen LogP contribution is -2.20. The van der Waals surface area contributed by atoms with Crippen molar-refractivity contribution in [2.24, 2.45) is 11.3 Å². The molecule has 2 nitrogen and oxygen atoms in total. The van der Waals surface area contributed by atoms with E-state index in [1.807, 2.05) is 19.9 Å². The molecule has 2 heteroatoms. The molecule has 0 aromatic heterocycles. The summed E-state index contributed by atoms with van der Waals surface area (Å²) in [6.07, 6.45) is 0. The molecule has 2 atom stereocenters. The van der Waals surface area contributed by atoms with Crippen molar-refractivity contribution in [3.05, 3.63) is 47.0 Å². The molecule has 1 aliphatic rings. The fourth-order valence-electron chi connectivity index (χ4n) is 2.89. The molecule has 0 amide bonds. The Balaban J connectivity index is 2.02. The summed E-state index contributed by atoms with van der Waals surface area (Å²) < 4.78 is 5.44. The molecule has 1 aromatic rings. The average Bonchev–Trinajstić information content (AvgIpc) is 2.98. The van der Waals surface area contributed by atoms with Gasteiger partial charge in [-0.25, -0.2) is 0 Å². The fraction of sp³-hybridized carbons (Fsp3) is 0.500. The monoisotopic (exact) mass is 272 g/mol. The third-order valence-corrected chi connectivity index (χ3v) is 4.47. The third kappa shape index (κ3) is 2.65. The first-order valence-electron chi connectivity index (χ1n) is 7.31. The highest BCUT2D eigenvalue weighted by molar-refractivity contribution is 5.71. The molecule has 2 rings (SSSR count). The van der Waals surface area contributed by atoms with Crippen LogP contribution in [-0.2, 0) is 9.53 Å². The van der Waals surface area contributed by atoms with E-state index in [1.54, 1.807) is 0 Å². The lowest BCUT2D eigenvalue weighted by atomic mass is 9.90. The van der Waals surface area contributed by atoms with Gasteiger partial charge in [-0.05, 0) is 25.0 Å². The van der Waals surface area contributed by atoms with Gasteiger partial charge in [-0.2, -0.15) is 0 Å². The Hall–Kier alpha value is -1.57. The summed E-state index contributed by atoms with van der Waals surface area (Å²) >= 11 is 0. The zero-order chi connectivity index (χ0) is 14.9. The zero-order valence-corrected chi connectivity index (χ0v) is 13.1. The number of benzene rings is 1. The third-order valence-electron chi connectivity index (χ3n) is 4.47. The summed E-state index contributed by atoms with van der Waals surface area (Å²) in [6, 6.07) is 10.5. The lowest BCUT2D eigenvalue weighted by molar-refractivity contribution is -0.148. The summed E-state index contributed by atoms with van der Waals surface area (Å²) in [7, 11) is 0. The number of hydrogen-bond acceptors (Lipinski definition) is 2. The number of carbonyl (C=O) groups is 1. The van der Waals surface area contributed by atoms with Crippen molar-refractivity contribution in [1.82, 2.24) is 0 Å². The second-order valence-electron chi connectivity index (χ2n) is 6.27. The first kappa shape index (κ1) is 14.8. The molecule has 0 spiro atoms. The van der Waals surface area contributed by atoms with Crippen molar-refractivity contribution in [1.29, 1.82) is 0 Å². The van der Waals surface area contributed by atoms with Crippen LogP contribution < -0.4 is 0 Å². The normalized spacial score (nSPS) is 22.9. The van der Waals surface area contributed by atoms with Crippen molar-refractivity contribution in [3.8, 4) is 0 Å². The van der Waals surface area contributed by atoms with Gasteiger partial charge in [0.25, 0.3) is 0 Å². The molecule has 1 aromatic carbocycles. The number of rotatable bonds is 5. The molecular weight excluding hydrogens is 248 g/mol. The quantitative estimate of drug-likeness (QED) is 0.589. The van der Waals surface area contributed by atoms with Crippen LogP contribution in [0.2, 0.25) is 0 Å². The molecule has 0 radical (unpaired) electrons. The van der Waals surface area contributed by atoms with Crippen molar-refractivity contribution < 1.29 is 9.53 Å². The Morgan fingerprint density at radius 2 is 1.80 bits per heavy atom. The van der Waals surface area contributed by atoms with Gasteiger partial charge in [0.05, 0.1) is 5.92 Å². The van der Waals surface area contributed by atoms with Crippen molar-refractivity contribution in [2.45, 2.75) is 40.5 Å². The molecule has 0 heterocycles. The first-order chi connectivity index (χ1) is 9.38. The summed E-state index contributed by atoms with van der Waals surface area (Å²) in [5, 5.41) is 0. The average molecular weight is 272 g/mol. The second kappa shape index (κ2) is 5.43. The maximum atomic E-state index is 11.6. The molecule has 0 aliphatic heterocycles. The van der Waals surface area contributed by atoms with Gasteiger partial charge in [0, 0.05) is 11.3 Å². The maximum Gasteiger partial charge on any atom is 0.308 e. The van der Waals surface area contributed by atoms with Crippen LogP contribution in [-0.4, -0.2) is 12.6 Å². The molecule has 0 N–H and O–H groups in total. The Labute approximate surface area is 121 Å². The van der Waals surface area contributed by atoms with E-state index in [1.165, 1.54) is 16.7 Å². The van der Waals surface area contributed by atoms with E-state index in [-0.39, 0.29) is 17.3 Å². The van der Waals surface area contributed by atoms with E-state index < -0.39 is 0 Å². The van der Waals surface area contributed by atoms with Crippen molar-refractivity contribution in [2.75, 3.05) is 6.61 Å². The maximum absolute atomic E-state index is 11.6. The smallest absolute Gasteiger partial charge is 0.308 e. The second-order valence-corrected chi connectivity index (χ2v) is 6.27. The molecule has 0 saturated carbocycles. The van der Waals surface area contributed by atoms with Crippen LogP contribution in [0.25, 0.3) is 0 Å². The largest absolute Gasteiger partial charge is 0.464 e. The Morgan fingerprint density at radius 1 is 1.20 bits per heavy atom. The number of hydrogen-bond donors (Lipinski definition) is 0. The molecule has 20 heavy (non-hydrogen) atoms. The SMILES string of the molecule is CC1=C([C@@H](C)c2ccccc2)[C@]1(C)COC(=O)C(C)C. The van der Waals surface area contributed by atoms with Gasteiger partial charge in [0.15, 0.2) is 0 Å². The van der Waals surface area contributed by atoms with Gasteiger partial charge in [0.1, 0.15) is 6.61 Å². The summed E-state index contributed by atoms with van der Waals surface area (Å²) in [5.41, 5.74) is 4.06. The molecule has 1 aliphatic carbocycles. The van der Waals surface area contributed by atoms with E-state index in [2.05, 4.69) is 45.0 Å². The van der Waals surface area contributed by atoms with Gasteiger partial charge in [-0.3, -0.25) is 4.79 Å². The minimum atomic E-state index is -0.113. The highest BCUT2D eigenvalue weighted by atomic mass is 16.5. The summed E-state index contributed by atoms with van der Waals surface area (Å²) in [4.78, 5) is 11.6. The molecule has 0 fully saturated rings. The van der Waals surface area contributed by atoms with E-state index in [4.69, 9.17) is 4.74 Å². The van der Waals surface area contributed by atoms with E-state index in [0.29, 0.717) is 12.5 Å². The van der Waals surface area contributed by atoms with Crippen LogP contribution in [0.4, 0.5) is 0 Å². The minimum absolute atomic E-state index is 0.0419. The van der Waals surface area contributed by atoms with Crippen molar-refractivity contribution in [3.63, 3.8) is 0 Å². The van der Waals surface area contributed by atoms with E-state index in [9.17, 15) is 4.79 Å². The number of carbonyl (C=O) groups excluding carboxylic acids is 1. The predicted molar refractivity (Wildman–Crippen MR) is 81.5 cm³/mol. The number of ether oxygens (including phenoxy) is 1. The van der Waals surface area contributed by atoms with Crippen LogP contribution >= 0.6 is 0 Å². The summed E-state index contributed by atoms with van der Waals surface area (Å²) in [6.45, 7) is 10.8. The van der Waals surface area contributed by atoms with Gasteiger partial charge in [0.2, 0.25) is 0 Å². The first-order valence-corrected chi connectivity index (χ1v) is 7.31. The van der Waals surface area contributed by atoms with Crippen LogP contribution in [0, 0.1) is 11.3 Å². The molecule has 108 valence electrons. The highest BCUT2D eigenvalue weighted by Gasteiger charge is 2.49. The molecular formula is C18H24O2. The van der Waals surface area contributed by atoms with Gasteiger partial charge in [-0.15, -0.1) is 0 Å². The van der Waals surface area contributed by atoms with Crippen LogP contribution in [0.3, 0.4) is 0 Å². The van der Waals surface area contributed by atoms with Crippen molar-refractivity contribution >= 4 is 5.97 Å².